The molecule has 30 heavy (non-hydrogen) atoms. The Morgan fingerprint density at radius 2 is 1.60 bits per heavy atom. The fraction of sp³-hybridized carbons (Fsp3) is 0.435. The molecule has 1 saturated heterocycles. The third kappa shape index (κ3) is 4.68. The van der Waals surface area contributed by atoms with Crippen molar-refractivity contribution in [1.82, 2.24) is 4.90 Å². The highest BCUT2D eigenvalue weighted by Gasteiger charge is 2.26. The van der Waals surface area contributed by atoms with Crippen LogP contribution in [-0.2, 0) is 20.2 Å². The molecule has 7 heteroatoms. The van der Waals surface area contributed by atoms with Gasteiger partial charge in [0, 0.05) is 13.1 Å². The highest BCUT2D eigenvalue weighted by molar-refractivity contribution is 7.92. The van der Waals surface area contributed by atoms with Gasteiger partial charge in [-0.3, -0.25) is 9.52 Å². The number of carbonyl (C=O) groups excluding carboxylic acids is 1. The van der Waals surface area contributed by atoms with Crippen LogP contribution in [0.1, 0.15) is 47.8 Å². The lowest BCUT2D eigenvalue weighted by molar-refractivity contribution is 0.0303. The Balaban J connectivity index is 1.96. The van der Waals surface area contributed by atoms with Gasteiger partial charge in [0.1, 0.15) is 0 Å². The molecule has 0 spiro atoms. The van der Waals surface area contributed by atoms with Crippen LogP contribution in [0.3, 0.4) is 0 Å². The minimum atomic E-state index is -3.87. The molecule has 0 bridgehead atoms. The smallest absolute Gasteiger partial charge is 0.262 e. The normalized spacial score (nSPS) is 15.2. The minimum Gasteiger partial charge on any atom is -0.378 e. The number of rotatable bonds is 4. The summed E-state index contributed by atoms with van der Waals surface area (Å²) in [5, 5.41) is 0. The van der Waals surface area contributed by atoms with E-state index in [1.165, 1.54) is 0 Å². The van der Waals surface area contributed by atoms with Gasteiger partial charge < -0.3 is 9.64 Å². The number of anilines is 1. The largest absolute Gasteiger partial charge is 0.378 e. The van der Waals surface area contributed by atoms with Gasteiger partial charge in [-0.2, -0.15) is 0 Å². The van der Waals surface area contributed by atoms with E-state index in [0.717, 1.165) is 5.56 Å². The van der Waals surface area contributed by atoms with Gasteiger partial charge in [-0.25, -0.2) is 8.42 Å². The van der Waals surface area contributed by atoms with Gasteiger partial charge in [0.2, 0.25) is 0 Å². The van der Waals surface area contributed by atoms with E-state index in [-0.39, 0.29) is 21.9 Å². The molecule has 3 rings (SSSR count). The molecule has 1 aliphatic rings. The maximum atomic E-state index is 13.3. The number of carbonyl (C=O) groups is 1. The Morgan fingerprint density at radius 3 is 2.17 bits per heavy atom. The molecule has 0 unspecified atom stereocenters. The van der Waals surface area contributed by atoms with Crippen molar-refractivity contribution < 1.29 is 17.9 Å². The van der Waals surface area contributed by atoms with Crippen LogP contribution >= 0.6 is 0 Å². The third-order valence-corrected chi connectivity index (χ3v) is 6.97. The summed E-state index contributed by atoms with van der Waals surface area (Å²) in [5.41, 5.74) is 2.99. The summed E-state index contributed by atoms with van der Waals surface area (Å²) in [6, 6.07) is 10.6. The summed E-state index contributed by atoms with van der Waals surface area (Å²) in [5.74, 6) is -0.201. The number of aryl methyl sites for hydroxylation is 2. The van der Waals surface area contributed by atoms with Crippen molar-refractivity contribution >= 4 is 21.6 Å². The molecule has 6 nitrogen and oxygen atoms in total. The predicted molar refractivity (Wildman–Crippen MR) is 119 cm³/mol. The first kappa shape index (κ1) is 22.3. The van der Waals surface area contributed by atoms with Crippen LogP contribution in [0.5, 0.6) is 0 Å². The fourth-order valence-corrected chi connectivity index (χ4v) is 5.23. The van der Waals surface area contributed by atoms with Gasteiger partial charge >= 0.3 is 0 Å². The number of sulfonamides is 1. The number of nitrogens with one attached hydrogen (secondary N) is 1. The molecule has 2 aromatic carbocycles. The Bertz CT molecular complexity index is 1030. The van der Waals surface area contributed by atoms with Crippen LogP contribution in [0.25, 0.3) is 0 Å². The van der Waals surface area contributed by atoms with Crippen molar-refractivity contribution in [3.63, 3.8) is 0 Å². The van der Waals surface area contributed by atoms with Crippen molar-refractivity contribution in [2.24, 2.45) is 0 Å². The number of morpholine rings is 1. The van der Waals surface area contributed by atoms with Gasteiger partial charge in [-0.15, -0.1) is 0 Å². The fourth-order valence-electron chi connectivity index (χ4n) is 3.70. The van der Waals surface area contributed by atoms with Gasteiger partial charge in [0.25, 0.3) is 15.9 Å². The van der Waals surface area contributed by atoms with E-state index in [1.807, 2.05) is 26.0 Å². The third-order valence-electron chi connectivity index (χ3n) is 5.30. The molecule has 1 fully saturated rings. The summed E-state index contributed by atoms with van der Waals surface area (Å²) < 4.78 is 34.6. The Morgan fingerprint density at radius 1 is 1.03 bits per heavy atom. The second-order valence-corrected chi connectivity index (χ2v) is 10.4. The highest BCUT2D eigenvalue weighted by atomic mass is 32.2. The lowest BCUT2D eigenvalue weighted by Gasteiger charge is -2.27. The van der Waals surface area contributed by atoms with Crippen LogP contribution in [0.2, 0.25) is 0 Å². The zero-order chi connectivity index (χ0) is 22.1. The maximum Gasteiger partial charge on any atom is 0.262 e. The molecule has 0 aliphatic carbocycles. The second kappa shape index (κ2) is 8.40. The van der Waals surface area contributed by atoms with Crippen LogP contribution in [0.15, 0.2) is 41.3 Å². The van der Waals surface area contributed by atoms with Crippen LogP contribution in [-0.4, -0.2) is 45.5 Å². The molecule has 162 valence electrons. The molecular weight excluding hydrogens is 400 g/mol. The first-order valence-electron chi connectivity index (χ1n) is 10.1. The number of para-hydroxylation sites is 1. The lowest BCUT2D eigenvalue weighted by Crippen LogP contribution is -2.41. The van der Waals surface area contributed by atoms with Crippen LogP contribution in [0, 0.1) is 13.8 Å². The maximum absolute atomic E-state index is 13.3. The number of ether oxygens (including phenoxy) is 1. The molecule has 1 heterocycles. The van der Waals surface area contributed by atoms with Gasteiger partial charge in [-0.05, 0) is 48.1 Å². The Hall–Kier alpha value is -2.38. The van der Waals surface area contributed by atoms with E-state index in [2.05, 4.69) is 25.5 Å². The topological polar surface area (TPSA) is 75.7 Å². The van der Waals surface area contributed by atoms with Crippen molar-refractivity contribution in [2.75, 3.05) is 31.0 Å². The van der Waals surface area contributed by atoms with E-state index < -0.39 is 10.0 Å². The summed E-state index contributed by atoms with van der Waals surface area (Å²) >= 11 is 0. The molecule has 0 radical (unpaired) electrons. The predicted octanol–water partition coefficient (Wildman–Crippen LogP) is 3.87. The monoisotopic (exact) mass is 430 g/mol. The average Bonchev–Trinajstić information content (AvgIpc) is 2.66. The second-order valence-electron chi connectivity index (χ2n) is 8.74. The van der Waals surface area contributed by atoms with E-state index in [0.29, 0.717) is 43.0 Å². The Labute approximate surface area is 179 Å². The molecule has 2 aromatic rings. The Kier molecular flexibility index (Phi) is 6.24. The van der Waals surface area contributed by atoms with Crippen LogP contribution < -0.4 is 4.72 Å². The van der Waals surface area contributed by atoms with Gasteiger partial charge in [0.05, 0.1) is 29.4 Å². The number of amides is 1. The summed E-state index contributed by atoms with van der Waals surface area (Å²) in [4.78, 5) is 14.9. The number of hydrogen-bond donors (Lipinski definition) is 1. The van der Waals surface area contributed by atoms with E-state index >= 15 is 0 Å². The van der Waals surface area contributed by atoms with Crippen molar-refractivity contribution in [2.45, 2.75) is 44.9 Å². The zero-order valence-corrected chi connectivity index (χ0v) is 19.1. The molecule has 0 aromatic heterocycles. The van der Waals surface area contributed by atoms with E-state index in [1.54, 1.807) is 29.2 Å². The molecular formula is C23H30N2O4S. The quantitative estimate of drug-likeness (QED) is 0.799. The summed E-state index contributed by atoms with van der Waals surface area (Å²) in [7, 11) is -3.87. The minimum absolute atomic E-state index is 0.0809. The summed E-state index contributed by atoms with van der Waals surface area (Å²) in [6.45, 7) is 11.9. The molecule has 1 amide bonds. The molecule has 0 atom stereocenters. The van der Waals surface area contributed by atoms with Crippen molar-refractivity contribution in [3.05, 3.63) is 58.7 Å². The van der Waals surface area contributed by atoms with Gasteiger partial charge in [0.15, 0.2) is 0 Å². The van der Waals surface area contributed by atoms with E-state index in [4.69, 9.17) is 4.74 Å². The van der Waals surface area contributed by atoms with Crippen molar-refractivity contribution in [1.29, 1.82) is 0 Å². The molecule has 0 saturated carbocycles. The molecule has 1 aliphatic heterocycles. The number of benzene rings is 2. The lowest BCUT2D eigenvalue weighted by atomic mass is 9.85. The standard InChI is InChI=1S/C23H30N2O4S/c1-16-14-18(23(3,4)5)15-17(2)21(16)30(27,28)24-20-9-7-6-8-19(20)22(26)25-10-12-29-13-11-25/h6-9,14-15,24H,10-13H2,1-5H3. The van der Waals surface area contributed by atoms with E-state index in [9.17, 15) is 13.2 Å². The number of nitrogens with zero attached hydrogens (tertiary/aromatic N) is 1. The summed E-state index contributed by atoms with van der Waals surface area (Å²) in [6.07, 6.45) is 0. The van der Waals surface area contributed by atoms with Crippen LogP contribution in [0.4, 0.5) is 5.69 Å². The molecule has 1 N–H and O–H groups in total. The van der Waals surface area contributed by atoms with Crippen molar-refractivity contribution in [3.8, 4) is 0 Å². The highest BCUT2D eigenvalue weighted by Crippen LogP contribution is 2.31. The SMILES string of the molecule is Cc1cc(C(C)(C)C)cc(C)c1S(=O)(=O)Nc1ccccc1C(=O)N1CCOCC1. The zero-order valence-electron chi connectivity index (χ0n) is 18.3. The average molecular weight is 431 g/mol. The number of hydrogen-bond acceptors (Lipinski definition) is 4. The first-order chi connectivity index (χ1) is 14.0. The van der Waals surface area contributed by atoms with Gasteiger partial charge in [-0.1, -0.05) is 45.0 Å². The first-order valence-corrected chi connectivity index (χ1v) is 11.6.